The SMILES string of the molecule is NC1(C(=O)NC2CC3CCC2C3)CC1. The summed E-state index contributed by atoms with van der Waals surface area (Å²) in [5.74, 6) is 1.75. The first-order valence-electron chi connectivity index (χ1n) is 5.77. The summed E-state index contributed by atoms with van der Waals surface area (Å²) in [7, 11) is 0. The number of nitrogens with two attached hydrogens (primary N) is 1. The Labute approximate surface area is 84.4 Å². The standard InChI is InChI=1S/C11H18N2O/c12-11(3-4-11)10(14)13-9-6-7-1-2-8(9)5-7/h7-9H,1-6,12H2,(H,13,14). The molecule has 3 heteroatoms. The third-order valence-electron chi connectivity index (χ3n) is 4.30. The molecule has 3 fully saturated rings. The van der Waals surface area contributed by atoms with Crippen molar-refractivity contribution in [3.63, 3.8) is 0 Å². The number of hydrogen-bond donors (Lipinski definition) is 2. The van der Waals surface area contributed by atoms with Crippen molar-refractivity contribution < 1.29 is 4.79 Å². The lowest BCUT2D eigenvalue weighted by Gasteiger charge is -2.24. The Hall–Kier alpha value is -0.570. The van der Waals surface area contributed by atoms with Crippen LogP contribution in [-0.2, 0) is 4.79 Å². The van der Waals surface area contributed by atoms with Gasteiger partial charge in [-0.3, -0.25) is 4.79 Å². The van der Waals surface area contributed by atoms with Crippen molar-refractivity contribution in [3.05, 3.63) is 0 Å². The van der Waals surface area contributed by atoms with Gasteiger partial charge >= 0.3 is 0 Å². The quantitative estimate of drug-likeness (QED) is 0.682. The van der Waals surface area contributed by atoms with Crippen molar-refractivity contribution in [2.45, 2.75) is 50.1 Å². The van der Waals surface area contributed by atoms with Crippen LogP contribution in [0.4, 0.5) is 0 Å². The third kappa shape index (κ3) is 1.26. The number of rotatable bonds is 2. The first-order chi connectivity index (χ1) is 6.67. The molecule has 3 aliphatic carbocycles. The zero-order chi connectivity index (χ0) is 9.76. The second kappa shape index (κ2) is 2.72. The predicted molar refractivity (Wildman–Crippen MR) is 53.5 cm³/mol. The highest BCUT2D eigenvalue weighted by Gasteiger charge is 2.48. The van der Waals surface area contributed by atoms with Gasteiger partial charge < -0.3 is 11.1 Å². The highest BCUT2D eigenvalue weighted by molar-refractivity contribution is 5.89. The van der Waals surface area contributed by atoms with Crippen LogP contribution in [-0.4, -0.2) is 17.5 Å². The van der Waals surface area contributed by atoms with Gasteiger partial charge in [0.1, 0.15) is 0 Å². The molecule has 3 saturated carbocycles. The number of carbonyl (C=O) groups is 1. The molecule has 0 heterocycles. The lowest BCUT2D eigenvalue weighted by atomic mass is 9.95. The molecule has 3 unspecified atom stereocenters. The Bertz CT molecular complexity index is 272. The molecule has 3 rings (SSSR count). The van der Waals surface area contributed by atoms with Gasteiger partial charge in [0.2, 0.25) is 5.91 Å². The molecule has 2 bridgehead atoms. The van der Waals surface area contributed by atoms with Crippen molar-refractivity contribution in [3.8, 4) is 0 Å². The first kappa shape index (κ1) is 8.72. The molecule has 0 spiro atoms. The van der Waals surface area contributed by atoms with E-state index in [1.54, 1.807) is 0 Å². The van der Waals surface area contributed by atoms with E-state index >= 15 is 0 Å². The maximum Gasteiger partial charge on any atom is 0.240 e. The topological polar surface area (TPSA) is 55.1 Å². The molecule has 14 heavy (non-hydrogen) atoms. The summed E-state index contributed by atoms with van der Waals surface area (Å²) in [5.41, 5.74) is 5.37. The molecular weight excluding hydrogens is 176 g/mol. The van der Waals surface area contributed by atoms with Crippen LogP contribution in [0.1, 0.15) is 38.5 Å². The minimum atomic E-state index is -0.484. The zero-order valence-corrected chi connectivity index (χ0v) is 8.46. The van der Waals surface area contributed by atoms with Crippen LogP contribution in [0.15, 0.2) is 0 Å². The molecule has 0 saturated heterocycles. The Kier molecular flexibility index (Phi) is 1.69. The van der Waals surface area contributed by atoms with Gasteiger partial charge in [-0.05, 0) is 43.9 Å². The Balaban J connectivity index is 1.60. The van der Waals surface area contributed by atoms with Crippen LogP contribution in [0, 0.1) is 11.8 Å². The normalized spacial score (nSPS) is 42.5. The lowest BCUT2D eigenvalue weighted by molar-refractivity contribution is -0.124. The largest absolute Gasteiger partial charge is 0.351 e. The van der Waals surface area contributed by atoms with Gasteiger partial charge in [-0.15, -0.1) is 0 Å². The lowest BCUT2D eigenvalue weighted by Crippen LogP contribution is -2.48. The van der Waals surface area contributed by atoms with Crippen LogP contribution in [0.5, 0.6) is 0 Å². The highest BCUT2D eigenvalue weighted by atomic mass is 16.2. The summed E-state index contributed by atoms with van der Waals surface area (Å²) in [4.78, 5) is 11.7. The molecule has 3 aliphatic rings. The molecule has 3 N–H and O–H groups in total. The molecule has 3 atom stereocenters. The minimum absolute atomic E-state index is 0.107. The van der Waals surface area contributed by atoms with Crippen molar-refractivity contribution >= 4 is 5.91 Å². The van der Waals surface area contributed by atoms with Crippen molar-refractivity contribution in [1.29, 1.82) is 0 Å². The van der Waals surface area contributed by atoms with Crippen LogP contribution in [0.3, 0.4) is 0 Å². The molecule has 0 aromatic heterocycles. The van der Waals surface area contributed by atoms with E-state index in [0.717, 1.165) is 24.7 Å². The van der Waals surface area contributed by atoms with Crippen LogP contribution in [0.2, 0.25) is 0 Å². The molecule has 78 valence electrons. The second-order valence-corrected chi connectivity index (χ2v) is 5.41. The molecule has 0 aromatic rings. The van der Waals surface area contributed by atoms with Crippen molar-refractivity contribution in [2.24, 2.45) is 17.6 Å². The smallest absolute Gasteiger partial charge is 0.240 e. The average molecular weight is 194 g/mol. The Morgan fingerprint density at radius 3 is 2.57 bits per heavy atom. The van der Waals surface area contributed by atoms with E-state index in [0.29, 0.717) is 6.04 Å². The van der Waals surface area contributed by atoms with Crippen LogP contribution >= 0.6 is 0 Å². The number of fused-ring (bicyclic) bond motifs is 2. The zero-order valence-electron chi connectivity index (χ0n) is 8.46. The Morgan fingerprint density at radius 2 is 2.07 bits per heavy atom. The van der Waals surface area contributed by atoms with Gasteiger partial charge in [0, 0.05) is 6.04 Å². The Morgan fingerprint density at radius 1 is 1.29 bits per heavy atom. The van der Waals surface area contributed by atoms with E-state index in [4.69, 9.17) is 5.73 Å². The summed E-state index contributed by atoms with van der Waals surface area (Å²) in [5, 5.41) is 3.15. The van der Waals surface area contributed by atoms with Crippen molar-refractivity contribution in [2.75, 3.05) is 0 Å². The van der Waals surface area contributed by atoms with E-state index < -0.39 is 5.54 Å². The van der Waals surface area contributed by atoms with Crippen LogP contribution in [0.25, 0.3) is 0 Å². The summed E-state index contributed by atoms with van der Waals surface area (Å²) >= 11 is 0. The second-order valence-electron chi connectivity index (χ2n) is 5.41. The number of amides is 1. The summed E-state index contributed by atoms with van der Waals surface area (Å²) < 4.78 is 0. The summed E-state index contributed by atoms with van der Waals surface area (Å²) in [6.45, 7) is 0. The fourth-order valence-electron chi connectivity index (χ4n) is 3.10. The molecule has 0 aliphatic heterocycles. The number of carbonyl (C=O) groups excluding carboxylic acids is 1. The molecular formula is C11H18N2O. The predicted octanol–water partition coefficient (Wildman–Crippen LogP) is 0.782. The monoisotopic (exact) mass is 194 g/mol. The molecule has 0 radical (unpaired) electrons. The fourth-order valence-corrected chi connectivity index (χ4v) is 3.10. The van der Waals surface area contributed by atoms with Gasteiger partial charge in [-0.1, -0.05) is 6.42 Å². The fraction of sp³-hybridized carbons (Fsp3) is 0.909. The number of hydrogen-bond acceptors (Lipinski definition) is 2. The minimum Gasteiger partial charge on any atom is -0.351 e. The van der Waals surface area contributed by atoms with E-state index in [1.165, 1.54) is 25.7 Å². The van der Waals surface area contributed by atoms with E-state index in [1.807, 2.05) is 0 Å². The van der Waals surface area contributed by atoms with Gasteiger partial charge in [0.05, 0.1) is 5.54 Å². The van der Waals surface area contributed by atoms with Crippen LogP contribution < -0.4 is 11.1 Å². The van der Waals surface area contributed by atoms with E-state index in [2.05, 4.69) is 5.32 Å². The molecule has 1 amide bonds. The van der Waals surface area contributed by atoms with E-state index in [-0.39, 0.29) is 5.91 Å². The third-order valence-corrected chi connectivity index (χ3v) is 4.30. The van der Waals surface area contributed by atoms with Gasteiger partial charge in [-0.25, -0.2) is 0 Å². The van der Waals surface area contributed by atoms with Gasteiger partial charge in [-0.2, -0.15) is 0 Å². The summed E-state index contributed by atoms with van der Waals surface area (Å²) in [6, 6.07) is 0.447. The molecule has 0 aromatic carbocycles. The maximum absolute atomic E-state index is 11.7. The first-order valence-corrected chi connectivity index (χ1v) is 5.77. The van der Waals surface area contributed by atoms with E-state index in [9.17, 15) is 4.79 Å². The number of nitrogens with one attached hydrogen (secondary N) is 1. The highest BCUT2D eigenvalue weighted by Crippen LogP contribution is 2.45. The molecule has 3 nitrogen and oxygen atoms in total. The van der Waals surface area contributed by atoms with Gasteiger partial charge in [0.15, 0.2) is 0 Å². The van der Waals surface area contributed by atoms with Gasteiger partial charge in [0.25, 0.3) is 0 Å². The maximum atomic E-state index is 11.7. The summed E-state index contributed by atoms with van der Waals surface area (Å²) in [6.07, 6.45) is 6.98. The average Bonchev–Trinajstić information content (AvgIpc) is 2.63. The van der Waals surface area contributed by atoms with Crippen molar-refractivity contribution in [1.82, 2.24) is 5.32 Å².